The van der Waals surface area contributed by atoms with Crippen molar-refractivity contribution in [1.29, 1.82) is 0 Å². The Labute approximate surface area is 170 Å². The lowest BCUT2D eigenvalue weighted by Crippen LogP contribution is -2.32. The smallest absolute Gasteiger partial charge is 0.253 e. The molecule has 0 spiro atoms. The van der Waals surface area contributed by atoms with Gasteiger partial charge in [0.15, 0.2) is 0 Å². The molecule has 0 unspecified atom stereocenters. The Morgan fingerprint density at radius 3 is 2.79 bits per heavy atom. The van der Waals surface area contributed by atoms with E-state index in [2.05, 4.69) is 54.9 Å². The second-order valence-corrected chi connectivity index (χ2v) is 7.03. The van der Waals surface area contributed by atoms with E-state index in [4.69, 9.17) is 6.42 Å². The molecule has 0 saturated carbocycles. The van der Waals surface area contributed by atoms with Crippen LogP contribution in [0.3, 0.4) is 0 Å². The molecule has 3 heterocycles. The largest absolute Gasteiger partial charge is 0.350 e. The minimum absolute atomic E-state index is 0.208. The van der Waals surface area contributed by atoms with Crippen LogP contribution >= 0.6 is 0 Å². The highest BCUT2D eigenvalue weighted by Gasteiger charge is 2.22. The number of carbonyl (C=O) groups excluding carboxylic acids is 1. The molecule has 2 aromatic heterocycles. The third-order valence-electron chi connectivity index (χ3n) is 5.16. The van der Waals surface area contributed by atoms with Crippen molar-refractivity contribution in [2.45, 2.75) is 25.9 Å². The van der Waals surface area contributed by atoms with E-state index in [1.165, 1.54) is 11.3 Å². The van der Waals surface area contributed by atoms with E-state index >= 15 is 0 Å². The van der Waals surface area contributed by atoms with Gasteiger partial charge in [-0.1, -0.05) is 36.3 Å². The first-order chi connectivity index (χ1) is 14.2. The van der Waals surface area contributed by atoms with Gasteiger partial charge in [0.1, 0.15) is 5.82 Å². The highest BCUT2D eigenvalue weighted by molar-refractivity contribution is 5.94. The molecule has 0 bridgehead atoms. The first-order valence-electron chi connectivity index (χ1n) is 9.74. The Morgan fingerprint density at radius 2 is 2.03 bits per heavy atom. The molecule has 3 aromatic rings. The van der Waals surface area contributed by atoms with Crippen molar-refractivity contribution in [2.75, 3.05) is 18.0 Å². The number of aryl methyl sites for hydroxylation is 2. The number of anilines is 1. The first kappa shape index (κ1) is 18.8. The van der Waals surface area contributed by atoms with Gasteiger partial charge in [-0.25, -0.2) is 9.97 Å². The van der Waals surface area contributed by atoms with Gasteiger partial charge < -0.3 is 14.8 Å². The van der Waals surface area contributed by atoms with Crippen LogP contribution in [-0.4, -0.2) is 33.5 Å². The SMILES string of the molecule is C#CCNC(=O)c1ccc(N2CCc3c(ncn3CCc3ccccc3)C2)nc1. The molecule has 0 radical (unpaired) electrons. The molecule has 4 rings (SSSR count). The summed E-state index contributed by atoms with van der Waals surface area (Å²) in [5, 5.41) is 2.65. The van der Waals surface area contributed by atoms with E-state index < -0.39 is 0 Å². The van der Waals surface area contributed by atoms with Crippen molar-refractivity contribution in [3.8, 4) is 12.3 Å². The molecular formula is C23H23N5O. The number of hydrogen-bond donors (Lipinski definition) is 1. The van der Waals surface area contributed by atoms with Crippen LogP contribution in [0.4, 0.5) is 5.82 Å². The fraction of sp³-hybridized carbons (Fsp3) is 0.261. The average Bonchev–Trinajstić information content (AvgIpc) is 3.19. The first-order valence-corrected chi connectivity index (χ1v) is 9.74. The molecule has 0 fully saturated rings. The van der Waals surface area contributed by atoms with Gasteiger partial charge in [0.05, 0.1) is 30.7 Å². The molecule has 1 N–H and O–H groups in total. The van der Waals surface area contributed by atoms with Crippen LogP contribution in [0.15, 0.2) is 55.0 Å². The van der Waals surface area contributed by atoms with Crippen LogP contribution in [0, 0.1) is 12.3 Å². The molecule has 1 amide bonds. The normalized spacial score (nSPS) is 12.9. The predicted molar refractivity (Wildman–Crippen MR) is 113 cm³/mol. The highest BCUT2D eigenvalue weighted by atomic mass is 16.1. The minimum Gasteiger partial charge on any atom is -0.350 e. The summed E-state index contributed by atoms with van der Waals surface area (Å²) in [6, 6.07) is 14.2. The monoisotopic (exact) mass is 385 g/mol. The number of terminal acetylenes is 1. The van der Waals surface area contributed by atoms with Crippen molar-refractivity contribution >= 4 is 11.7 Å². The van der Waals surface area contributed by atoms with Gasteiger partial charge in [0.25, 0.3) is 5.91 Å². The van der Waals surface area contributed by atoms with Crippen LogP contribution in [-0.2, 0) is 25.9 Å². The zero-order valence-corrected chi connectivity index (χ0v) is 16.2. The number of imidazole rings is 1. The molecule has 6 heteroatoms. The van der Waals surface area contributed by atoms with Crippen molar-refractivity contribution < 1.29 is 4.79 Å². The Balaban J connectivity index is 1.40. The van der Waals surface area contributed by atoms with Crippen LogP contribution in [0.1, 0.15) is 27.3 Å². The lowest BCUT2D eigenvalue weighted by atomic mass is 10.1. The quantitative estimate of drug-likeness (QED) is 0.662. The number of aromatic nitrogens is 3. The highest BCUT2D eigenvalue weighted by Crippen LogP contribution is 2.23. The zero-order valence-electron chi connectivity index (χ0n) is 16.2. The van der Waals surface area contributed by atoms with Gasteiger partial charge >= 0.3 is 0 Å². The predicted octanol–water partition coefficient (Wildman–Crippen LogP) is 2.45. The number of benzene rings is 1. The summed E-state index contributed by atoms with van der Waals surface area (Å²) in [7, 11) is 0. The maximum absolute atomic E-state index is 11.9. The molecule has 6 nitrogen and oxygen atoms in total. The summed E-state index contributed by atoms with van der Waals surface area (Å²) in [4.78, 5) is 23.2. The number of amides is 1. The number of hydrogen-bond acceptors (Lipinski definition) is 4. The Kier molecular flexibility index (Phi) is 5.57. The third kappa shape index (κ3) is 4.30. The number of carbonyl (C=O) groups is 1. The van der Waals surface area contributed by atoms with Gasteiger partial charge in [0.2, 0.25) is 0 Å². The molecule has 0 aliphatic carbocycles. The lowest BCUT2D eigenvalue weighted by Gasteiger charge is -2.28. The summed E-state index contributed by atoms with van der Waals surface area (Å²) in [5.41, 5.74) is 4.25. The van der Waals surface area contributed by atoms with E-state index in [1.54, 1.807) is 12.3 Å². The summed E-state index contributed by atoms with van der Waals surface area (Å²) in [5.74, 6) is 3.03. The standard InChI is InChI=1S/C23H23N5O/c1-2-12-24-23(29)19-8-9-22(25-15-19)27-14-11-21-20(16-27)26-17-28(21)13-10-18-6-4-3-5-7-18/h1,3-9,15,17H,10-14,16H2,(H,24,29). The average molecular weight is 385 g/mol. The maximum Gasteiger partial charge on any atom is 0.253 e. The number of nitrogens with one attached hydrogen (secondary N) is 1. The number of fused-ring (bicyclic) bond motifs is 1. The summed E-state index contributed by atoms with van der Waals surface area (Å²) < 4.78 is 2.27. The molecular weight excluding hydrogens is 362 g/mol. The Morgan fingerprint density at radius 1 is 1.17 bits per heavy atom. The Hall–Kier alpha value is -3.59. The summed E-state index contributed by atoms with van der Waals surface area (Å²) in [6.45, 7) is 2.75. The van der Waals surface area contributed by atoms with Crippen molar-refractivity contribution in [3.05, 3.63) is 77.5 Å². The number of pyridine rings is 1. The van der Waals surface area contributed by atoms with Gasteiger partial charge in [-0.05, 0) is 24.1 Å². The third-order valence-corrected chi connectivity index (χ3v) is 5.16. The summed E-state index contributed by atoms with van der Waals surface area (Å²) in [6.07, 6.45) is 10.6. The van der Waals surface area contributed by atoms with Crippen molar-refractivity contribution in [2.24, 2.45) is 0 Å². The Bertz CT molecular complexity index is 1020. The molecule has 1 aliphatic rings. The fourth-order valence-electron chi connectivity index (χ4n) is 3.59. The fourth-order valence-corrected chi connectivity index (χ4v) is 3.59. The van der Waals surface area contributed by atoms with Crippen LogP contribution in [0.5, 0.6) is 0 Å². The van der Waals surface area contributed by atoms with Gasteiger partial charge in [-0.15, -0.1) is 6.42 Å². The summed E-state index contributed by atoms with van der Waals surface area (Å²) >= 11 is 0. The lowest BCUT2D eigenvalue weighted by molar-refractivity contribution is 0.0958. The molecule has 146 valence electrons. The minimum atomic E-state index is -0.208. The van der Waals surface area contributed by atoms with Crippen LogP contribution in [0.2, 0.25) is 0 Å². The number of rotatable bonds is 6. The molecule has 1 aromatic carbocycles. The van der Waals surface area contributed by atoms with Gasteiger partial charge in [0, 0.05) is 31.4 Å². The van der Waals surface area contributed by atoms with Crippen molar-refractivity contribution in [1.82, 2.24) is 19.9 Å². The molecule has 29 heavy (non-hydrogen) atoms. The molecule has 1 aliphatic heterocycles. The second kappa shape index (κ2) is 8.61. The van der Waals surface area contributed by atoms with E-state index in [0.717, 1.165) is 44.0 Å². The van der Waals surface area contributed by atoms with E-state index in [-0.39, 0.29) is 12.5 Å². The topological polar surface area (TPSA) is 63.1 Å². The maximum atomic E-state index is 11.9. The van der Waals surface area contributed by atoms with E-state index in [0.29, 0.717) is 5.56 Å². The molecule has 0 saturated heterocycles. The van der Waals surface area contributed by atoms with Gasteiger partial charge in [-0.3, -0.25) is 4.79 Å². The number of nitrogens with zero attached hydrogens (tertiary/aromatic N) is 4. The van der Waals surface area contributed by atoms with Crippen molar-refractivity contribution in [3.63, 3.8) is 0 Å². The van der Waals surface area contributed by atoms with Crippen LogP contribution in [0.25, 0.3) is 0 Å². The zero-order chi connectivity index (χ0) is 20.1. The van der Waals surface area contributed by atoms with Crippen LogP contribution < -0.4 is 10.2 Å². The van der Waals surface area contributed by atoms with E-state index in [9.17, 15) is 4.79 Å². The second-order valence-electron chi connectivity index (χ2n) is 7.03. The van der Waals surface area contributed by atoms with Gasteiger partial charge in [-0.2, -0.15) is 0 Å². The molecule has 0 atom stereocenters. The van der Waals surface area contributed by atoms with E-state index in [1.807, 2.05) is 18.5 Å².